The summed E-state index contributed by atoms with van der Waals surface area (Å²) in [7, 11) is 0. The van der Waals surface area contributed by atoms with Crippen molar-refractivity contribution in [3.63, 3.8) is 0 Å². The monoisotopic (exact) mass is 293 g/mol. The maximum atomic E-state index is 4.74. The standard InChI is InChI=1S/C13H12BrNS/c14-11-6-2-5-10(7-11)12-8-16-13(15-12)9-3-1-4-9/h2,5-9H,1,3-4H2. The molecule has 16 heavy (non-hydrogen) atoms. The van der Waals surface area contributed by atoms with Gasteiger partial charge in [0, 0.05) is 21.3 Å². The largest absolute Gasteiger partial charge is 0.241 e. The summed E-state index contributed by atoms with van der Waals surface area (Å²) < 4.78 is 1.11. The van der Waals surface area contributed by atoms with Gasteiger partial charge in [0.2, 0.25) is 0 Å². The minimum Gasteiger partial charge on any atom is -0.241 e. The molecule has 0 atom stereocenters. The minimum atomic E-state index is 0.742. The number of hydrogen-bond acceptors (Lipinski definition) is 2. The van der Waals surface area contributed by atoms with Crippen molar-refractivity contribution in [3.05, 3.63) is 39.1 Å². The average molecular weight is 294 g/mol. The fourth-order valence-corrected chi connectivity index (χ4v) is 3.31. The zero-order valence-corrected chi connectivity index (χ0v) is 11.2. The van der Waals surface area contributed by atoms with Gasteiger partial charge in [0.15, 0.2) is 0 Å². The topological polar surface area (TPSA) is 12.9 Å². The van der Waals surface area contributed by atoms with Gasteiger partial charge >= 0.3 is 0 Å². The molecule has 0 unspecified atom stereocenters. The van der Waals surface area contributed by atoms with E-state index in [9.17, 15) is 0 Å². The first-order chi connectivity index (χ1) is 7.83. The van der Waals surface area contributed by atoms with Gasteiger partial charge in [0.1, 0.15) is 0 Å². The van der Waals surface area contributed by atoms with Crippen molar-refractivity contribution in [2.45, 2.75) is 25.2 Å². The summed E-state index contributed by atoms with van der Waals surface area (Å²) >= 11 is 5.30. The maximum absolute atomic E-state index is 4.74. The van der Waals surface area contributed by atoms with Crippen LogP contribution in [0, 0.1) is 0 Å². The third-order valence-electron chi connectivity index (χ3n) is 3.10. The molecule has 0 spiro atoms. The van der Waals surface area contributed by atoms with Crippen LogP contribution >= 0.6 is 27.3 Å². The second-order valence-electron chi connectivity index (χ2n) is 4.21. The van der Waals surface area contributed by atoms with Crippen molar-refractivity contribution in [2.24, 2.45) is 0 Å². The summed E-state index contributed by atoms with van der Waals surface area (Å²) in [5.41, 5.74) is 2.32. The first kappa shape index (κ1) is 10.5. The maximum Gasteiger partial charge on any atom is 0.0963 e. The van der Waals surface area contributed by atoms with Gasteiger partial charge in [-0.1, -0.05) is 34.5 Å². The van der Waals surface area contributed by atoms with Crippen LogP contribution in [0.15, 0.2) is 34.1 Å². The lowest BCUT2D eigenvalue weighted by Gasteiger charge is -2.22. The van der Waals surface area contributed by atoms with Gasteiger partial charge in [0.25, 0.3) is 0 Å². The van der Waals surface area contributed by atoms with Crippen LogP contribution in [0.2, 0.25) is 0 Å². The molecule has 0 bridgehead atoms. The molecule has 1 heterocycles. The first-order valence-electron chi connectivity index (χ1n) is 5.54. The minimum absolute atomic E-state index is 0.742. The van der Waals surface area contributed by atoms with Gasteiger partial charge in [0.05, 0.1) is 10.7 Å². The summed E-state index contributed by atoms with van der Waals surface area (Å²) in [6, 6.07) is 8.34. The normalized spacial score (nSPS) is 16.1. The predicted molar refractivity (Wildman–Crippen MR) is 71.8 cm³/mol. The Labute approximate surface area is 108 Å². The van der Waals surface area contributed by atoms with Crippen molar-refractivity contribution in [3.8, 4) is 11.3 Å². The van der Waals surface area contributed by atoms with Gasteiger partial charge in [-0.05, 0) is 25.0 Å². The fraction of sp³-hybridized carbons (Fsp3) is 0.308. The Kier molecular flexibility index (Phi) is 2.82. The van der Waals surface area contributed by atoms with Gasteiger partial charge in [-0.25, -0.2) is 4.98 Å². The Morgan fingerprint density at radius 3 is 2.88 bits per heavy atom. The number of benzene rings is 1. The van der Waals surface area contributed by atoms with E-state index in [0.717, 1.165) is 16.1 Å². The number of halogens is 1. The SMILES string of the molecule is Brc1cccc(-c2csc(C3CCC3)n2)c1. The molecule has 1 aliphatic carbocycles. The van der Waals surface area contributed by atoms with Gasteiger partial charge < -0.3 is 0 Å². The number of rotatable bonds is 2. The van der Waals surface area contributed by atoms with Crippen LogP contribution in [0.3, 0.4) is 0 Å². The van der Waals surface area contributed by atoms with E-state index in [0.29, 0.717) is 0 Å². The van der Waals surface area contributed by atoms with E-state index >= 15 is 0 Å². The van der Waals surface area contributed by atoms with Crippen LogP contribution in [-0.2, 0) is 0 Å². The smallest absolute Gasteiger partial charge is 0.0963 e. The van der Waals surface area contributed by atoms with Crippen LogP contribution in [0.1, 0.15) is 30.2 Å². The third-order valence-corrected chi connectivity index (χ3v) is 4.60. The summed E-state index contributed by atoms with van der Waals surface area (Å²) in [5, 5.41) is 3.50. The second-order valence-corrected chi connectivity index (χ2v) is 6.01. The summed E-state index contributed by atoms with van der Waals surface area (Å²) in [5.74, 6) is 0.742. The lowest BCUT2D eigenvalue weighted by atomic mass is 9.86. The molecule has 1 aromatic heterocycles. The second kappa shape index (κ2) is 4.30. The summed E-state index contributed by atoms with van der Waals surface area (Å²) in [4.78, 5) is 4.74. The van der Waals surface area contributed by atoms with Crippen molar-refractivity contribution in [2.75, 3.05) is 0 Å². The van der Waals surface area contributed by atoms with Gasteiger partial charge in [-0.15, -0.1) is 11.3 Å². The highest BCUT2D eigenvalue weighted by Gasteiger charge is 2.22. The van der Waals surface area contributed by atoms with Crippen LogP contribution in [0.5, 0.6) is 0 Å². The number of hydrogen-bond donors (Lipinski definition) is 0. The highest BCUT2D eigenvalue weighted by molar-refractivity contribution is 9.10. The van der Waals surface area contributed by atoms with E-state index in [-0.39, 0.29) is 0 Å². The quantitative estimate of drug-likeness (QED) is 0.772. The molecule has 82 valence electrons. The van der Waals surface area contributed by atoms with E-state index in [2.05, 4.69) is 39.5 Å². The molecular formula is C13H12BrNS. The molecule has 0 radical (unpaired) electrons. The molecule has 1 aromatic carbocycles. The molecule has 1 fully saturated rings. The summed E-state index contributed by atoms with van der Waals surface area (Å²) in [6.45, 7) is 0. The van der Waals surface area contributed by atoms with E-state index in [4.69, 9.17) is 4.98 Å². The molecule has 3 heteroatoms. The Bertz CT molecular complexity index is 502. The molecule has 0 amide bonds. The van der Waals surface area contributed by atoms with Gasteiger partial charge in [-0.2, -0.15) is 0 Å². The van der Waals surface area contributed by atoms with Crippen molar-refractivity contribution >= 4 is 27.3 Å². The molecule has 0 N–H and O–H groups in total. The Morgan fingerprint density at radius 1 is 1.31 bits per heavy atom. The molecule has 0 aliphatic heterocycles. The van der Waals surface area contributed by atoms with Crippen molar-refractivity contribution < 1.29 is 0 Å². The van der Waals surface area contributed by atoms with Crippen LogP contribution in [0.4, 0.5) is 0 Å². The highest BCUT2D eigenvalue weighted by Crippen LogP contribution is 2.39. The molecule has 3 rings (SSSR count). The molecule has 1 aliphatic rings. The zero-order valence-electron chi connectivity index (χ0n) is 8.82. The van der Waals surface area contributed by atoms with E-state index < -0.39 is 0 Å². The number of thiazole rings is 1. The third kappa shape index (κ3) is 1.94. The van der Waals surface area contributed by atoms with Gasteiger partial charge in [-0.3, -0.25) is 0 Å². The fourth-order valence-electron chi connectivity index (χ4n) is 1.91. The number of nitrogens with zero attached hydrogens (tertiary/aromatic N) is 1. The zero-order chi connectivity index (χ0) is 11.0. The summed E-state index contributed by atoms with van der Waals surface area (Å²) in [6.07, 6.45) is 4.02. The first-order valence-corrected chi connectivity index (χ1v) is 7.21. The van der Waals surface area contributed by atoms with Crippen molar-refractivity contribution in [1.82, 2.24) is 4.98 Å². The highest BCUT2D eigenvalue weighted by atomic mass is 79.9. The van der Waals surface area contributed by atoms with E-state index in [1.54, 1.807) is 0 Å². The van der Waals surface area contributed by atoms with Crippen molar-refractivity contribution in [1.29, 1.82) is 0 Å². The lowest BCUT2D eigenvalue weighted by Crippen LogP contribution is -2.07. The Hall–Kier alpha value is -0.670. The predicted octanol–water partition coefficient (Wildman–Crippen LogP) is 4.84. The number of aromatic nitrogens is 1. The average Bonchev–Trinajstić information content (AvgIpc) is 2.64. The molecular weight excluding hydrogens is 282 g/mol. The van der Waals surface area contributed by atoms with Crippen LogP contribution in [-0.4, -0.2) is 4.98 Å². The lowest BCUT2D eigenvalue weighted by molar-refractivity contribution is 0.418. The molecule has 1 saturated carbocycles. The molecule has 1 nitrogen and oxygen atoms in total. The Morgan fingerprint density at radius 2 is 2.19 bits per heavy atom. The Balaban J connectivity index is 1.91. The molecule has 0 saturated heterocycles. The molecule has 2 aromatic rings. The van der Waals surface area contributed by atoms with Crippen LogP contribution in [0.25, 0.3) is 11.3 Å². The van der Waals surface area contributed by atoms with E-state index in [1.165, 1.54) is 29.8 Å². The van der Waals surface area contributed by atoms with E-state index in [1.807, 2.05) is 17.4 Å². The van der Waals surface area contributed by atoms with Crippen LogP contribution < -0.4 is 0 Å².